The molecule has 0 saturated heterocycles. The standard InChI is InChI=1S/C23H26FN7O/c1-26-19-7-2-3-8-20(19)30-23-18(24)10-17(21(25)32)22(31-23)29-16-6-4-5-14(9-16)15-11-27-13-28-12-15/h4-6,9-13,19-20,26H,2-3,7-8H2,1H3,(H2,25,32)(H2,29,30,31)/t19-,20?/m0/s1. The normalized spacial score (nSPS) is 18.2. The first kappa shape index (κ1) is 21.6. The maximum atomic E-state index is 14.8. The van der Waals surface area contributed by atoms with Gasteiger partial charge in [-0.1, -0.05) is 25.0 Å². The highest BCUT2D eigenvalue weighted by molar-refractivity contribution is 5.98. The van der Waals surface area contributed by atoms with Crippen molar-refractivity contribution in [3.05, 3.63) is 60.4 Å². The average molecular weight is 436 g/mol. The number of carbonyl (C=O) groups is 1. The topological polar surface area (TPSA) is 118 Å². The molecule has 1 aromatic carbocycles. The Morgan fingerprint density at radius 1 is 1.06 bits per heavy atom. The van der Waals surface area contributed by atoms with Crippen molar-refractivity contribution in [2.45, 2.75) is 37.8 Å². The van der Waals surface area contributed by atoms with Gasteiger partial charge in [-0.05, 0) is 43.7 Å². The maximum Gasteiger partial charge on any atom is 0.252 e. The Kier molecular flexibility index (Phi) is 6.55. The van der Waals surface area contributed by atoms with Crippen LogP contribution in [0.3, 0.4) is 0 Å². The molecule has 32 heavy (non-hydrogen) atoms. The lowest BCUT2D eigenvalue weighted by molar-refractivity contribution is 0.100. The molecule has 5 N–H and O–H groups in total. The molecule has 1 aliphatic rings. The summed E-state index contributed by atoms with van der Waals surface area (Å²) in [6, 6.07) is 8.88. The number of carbonyl (C=O) groups excluding carboxylic acids is 1. The van der Waals surface area contributed by atoms with Crippen LogP contribution >= 0.6 is 0 Å². The van der Waals surface area contributed by atoms with Gasteiger partial charge in [-0.15, -0.1) is 0 Å². The number of anilines is 3. The lowest BCUT2D eigenvalue weighted by Crippen LogP contribution is -2.45. The molecule has 0 aliphatic heterocycles. The number of aromatic nitrogens is 3. The number of hydrogen-bond acceptors (Lipinski definition) is 7. The van der Waals surface area contributed by atoms with Gasteiger partial charge in [0.2, 0.25) is 0 Å². The van der Waals surface area contributed by atoms with Crippen LogP contribution in [0.2, 0.25) is 0 Å². The molecule has 8 nitrogen and oxygen atoms in total. The Balaban J connectivity index is 1.64. The van der Waals surface area contributed by atoms with Gasteiger partial charge in [0.25, 0.3) is 5.91 Å². The minimum atomic E-state index is -0.760. The number of primary amides is 1. The van der Waals surface area contributed by atoms with Crippen LogP contribution in [0.1, 0.15) is 36.0 Å². The predicted molar refractivity (Wildman–Crippen MR) is 122 cm³/mol. The van der Waals surface area contributed by atoms with Gasteiger partial charge in [0.1, 0.15) is 12.1 Å². The number of amides is 1. The van der Waals surface area contributed by atoms with Gasteiger partial charge in [-0.3, -0.25) is 4.79 Å². The Morgan fingerprint density at radius 3 is 2.53 bits per heavy atom. The summed E-state index contributed by atoms with van der Waals surface area (Å²) in [6.45, 7) is 0. The van der Waals surface area contributed by atoms with E-state index in [1.165, 1.54) is 6.33 Å². The number of nitrogens with one attached hydrogen (secondary N) is 3. The van der Waals surface area contributed by atoms with Gasteiger partial charge < -0.3 is 21.7 Å². The van der Waals surface area contributed by atoms with E-state index in [9.17, 15) is 9.18 Å². The van der Waals surface area contributed by atoms with Crippen molar-refractivity contribution in [2.24, 2.45) is 5.73 Å². The molecule has 2 aromatic heterocycles. The largest absolute Gasteiger partial charge is 0.365 e. The average Bonchev–Trinajstić information content (AvgIpc) is 2.82. The van der Waals surface area contributed by atoms with Gasteiger partial charge in [-0.2, -0.15) is 0 Å². The first-order valence-corrected chi connectivity index (χ1v) is 10.6. The number of halogens is 1. The summed E-state index contributed by atoms with van der Waals surface area (Å²) in [5.74, 6) is -1.08. The van der Waals surface area contributed by atoms with Crippen LogP contribution in [0, 0.1) is 5.82 Å². The number of pyridine rings is 1. The third-order valence-electron chi connectivity index (χ3n) is 5.72. The number of rotatable bonds is 7. The molecule has 3 aromatic rings. The van der Waals surface area contributed by atoms with Crippen LogP contribution in [-0.2, 0) is 0 Å². The number of likely N-dealkylation sites (N-methyl/N-ethyl adjacent to an activating group) is 1. The Labute approximate surface area is 185 Å². The molecule has 166 valence electrons. The second kappa shape index (κ2) is 9.69. The smallest absolute Gasteiger partial charge is 0.252 e. The molecular weight excluding hydrogens is 409 g/mol. The van der Waals surface area contributed by atoms with Crippen LogP contribution in [-0.4, -0.2) is 40.0 Å². The SMILES string of the molecule is CN[C@H]1CCCCC1Nc1nc(Nc2cccc(-c3cncnc3)c2)c(C(N)=O)cc1F. The van der Waals surface area contributed by atoms with E-state index in [1.807, 2.05) is 31.3 Å². The fourth-order valence-electron chi connectivity index (χ4n) is 4.06. The fourth-order valence-corrected chi connectivity index (χ4v) is 4.06. The zero-order chi connectivity index (χ0) is 22.5. The molecule has 1 aliphatic carbocycles. The lowest BCUT2D eigenvalue weighted by Gasteiger charge is -2.32. The third kappa shape index (κ3) is 4.83. The monoisotopic (exact) mass is 435 g/mol. The Hall–Kier alpha value is -3.59. The van der Waals surface area contributed by atoms with Crippen molar-refractivity contribution in [3.63, 3.8) is 0 Å². The first-order valence-electron chi connectivity index (χ1n) is 10.6. The predicted octanol–water partition coefficient (Wildman–Crippen LogP) is 3.46. The lowest BCUT2D eigenvalue weighted by atomic mass is 9.90. The van der Waals surface area contributed by atoms with Crippen molar-refractivity contribution in [1.82, 2.24) is 20.3 Å². The summed E-state index contributed by atoms with van der Waals surface area (Å²) in [6.07, 6.45) is 9.01. The molecule has 0 spiro atoms. The second-order valence-corrected chi connectivity index (χ2v) is 7.84. The second-order valence-electron chi connectivity index (χ2n) is 7.84. The minimum Gasteiger partial charge on any atom is -0.365 e. The molecule has 1 amide bonds. The summed E-state index contributed by atoms with van der Waals surface area (Å²) in [4.78, 5) is 24.5. The van der Waals surface area contributed by atoms with E-state index in [4.69, 9.17) is 5.73 Å². The highest BCUT2D eigenvalue weighted by Gasteiger charge is 2.26. The molecule has 2 heterocycles. The van der Waals surface area contributed by atoms with Crippen molar-refractivity contribution in [2.75, 3.05) is 17.7 Å². The Morgan fingerprint density at radius 2 is 1.81 bits per heavy atom. The van der Waals surface area contributed by atoms with E-state index >= 15 is 0 Å². The van der Waals surface area contributed by atoms with E-state index in [2.05, 4.69) is 30.9 Å². The summed E-state index contributed by atoms with van der Waals surface area (Å²) < 4.78 is 14.8. The van der Waals surface area contributed by atoms with Crippen molar-refractivity contribution in [3.8, 4) is 11.1 Å². The summed E-state index contributed by atoms with van der Waals surface area (Å²) in [5, 5.41) is 9.63. The number of hydrogen-bond donors (Lipinski definition) is 4. The quantitative estimate of drug-likeness (QED) is 0.449. The maximum absolute atomic E-state index is 14.8. The van der Waals surface area contributed by atoms with Crippen molar-refractivity contribution >= 4 is 23.2 Å². The summed E-state index contributed by atoms with van der Waals surface area (Å²) in [5.41, 5.74) is 7.88. The van der Waals surface area contributed by atoms with Gasteiger partial charge >= 0.3 is 0 Å². The summed E-state index contributed by atoms with van der Waals surface area (Å²) >= 11 is 0. The minimum absolute atomic E-state index is 0.0182. The van der Waals surface area contributed by atoms with Gasteiger partial charge in [-0.25, -0.2) is 19.3 Å². The van der Waals surface area contributed by atoms with E-state index in [-0.39, 0.29) is 29.3 Å². The Bertz CT molecular complexity index is 1090. The zero-order valence-corrected chi connectivity index (χ0v) is 17.8. The summed E-state index contributed by atoms with van der Waals surface area (Å²) in [7, 11) is 1.91. The molecule has 4 rings (SSSR count). The van der Waals surface area contributed by atoms with E-state index < -0.39 is 11.7 Å². The van der Waals surface area contributed by atoms with Gasteiger partial charge in [0, 0.05) is 35.7 Å². The molecule has 2 atom stereocenters. The highest BCUT2D eigenvalue weighted by Crippen LogP contribution is 2.28. The molecule has 0 radical (unpaired) electrons. The van der Waals surface area contributed by atoms with Crippen LogP contribution < -0.4 is 21.7 Å². The van der Waals surface area contributed by atoms with Crippen molar-refractivity contribution < 1.29 is 9.18 Å². The number of nitrogens with two attached hydrogens (primary N) is 1. The molecule has 1 fully saturated rings. The van der Waals surface area contributed by atoms with E-state index in [0.29, 0.717) is 5.69 Å². The van der Waals surface area contributed by atoms with E-state index in [0.717, 1.165) is 42.9 Å². The molecule has 1 unspecified atom stereocenters. The highest BCUT2D eigenvalue weighted by atomic mass is 19.1. The molecular formula is C23H26FN7O. The van der Waals surface area contributed by atoms with Gasteiger partial charge in [0.15, 0.2) is 11.6 Å². The van der Waals surface area contributed by atoms with Crippen LogP contribution in [0.5, 0.6) is 0 Å². The fraction of sp³-hybridized carbons (Fsp3) is 0.304. The van der Waals surface area contributed by atoms with Crippen LogP contribution in [0.4, 0.5) is 21.7 Å². The van der Waals surface area contributed by atoms with E-state index in [1.54, 1.807) is 12.4 Å². The van der Waals surface area contributed by atoms with Crippen LogP contribution in [0.25, 0.3) is 11.1 Å². The molecule has 1 saturated carbocycles. The van der Waals surface area contributed by atoms with Crippen LogP contribution in [0.15, 0.2) is 49.1 Å². The third-order valence-corrected chi connectivity index (χ3v) is 5.72. The molecule has 9 heteroatoms. The first-order chi connectivity index (χ1) is 15.5. The van der Waals surface area contributed by atoms with Crippen molar-refractivity contribution in [1.29, 1.82) is 0 Å². The van der Waals surface area contributed by atoms with Gasteiger partial charge in [0.05, 0.1) is 5.56 Å². The number of nitrogens with zero attached hydrogens (tertiary/aromatic N) is 3. The molecule has 0 bridgehead atoms. The number of benzene rings is 1. The zero-order valence-electron chi connectivity index (χ0n) is 17.8.